The van der Waals surface area contributed by atoms with E-state index in [1.807, 2.05) is 35.2 Å². The predicted octanol–water partition coefficient (Wildman–Crippen LogP) is 1.02. The third kappa shape index (κ3) is 4.38. The molecule has 6 heteroatoms. The van der Waals surface area contributed by atoms with Gasteiger partial charge in [-0.15, -0.1) is 0 Å². The Kier molecular flexibility index (Phi) is 5.71. The minimum absolute atomic E-state index is 0.0342. The van der Waals surface area contributed by atoms with E-state index in [2.05, 4.69) is 17.3 Å². The van der Waals surface area contributed by atoms with Crippen molar-refractivity contribution in [3.8, 4) is 0 Å². The molecule has 2 aliphatic rings. The lowest BCUT2D eigenvalue weighted by Crippen LogP contribution is -2.62. The first-order valence-corrected chi connectivity index (χ1v) is 8.96. The molecule has 1 aromatic carbocycles. The summed E-state index contributed by atoms with van der Waals surface area (Å²) < 4.78 is 5.61. The number of likely N-dealkylation sites (N-methyl/N-ethyl adjacent to an activating group) is 1. The van der Waals surface area contributed by atoms with Crippen molar-refractivity contribution in [2.24, 2.45) is 0 Å². The van der Waals surface area contributed by atoms with Crippen molar-refractivity contribution < 1.29 is 14.3 Å². The van der Waals surface area contributed by atoms with Gasteiger partial charge >= 0.3 is 0 Å². The van der Waals surface area contributed by atoms with Crippen LogP contribution in [-0.2, 0) is 20.9 Å². The molecule has 25 heavy (non-hydrogen) atoms. The maximum absolute atomic E-state index is 12.6. The molecule has 2 fully saturated rings. The summed E-state index contributed by atoms with van der Waals surface area (Å²) in [5.74, 6) is 0.145. The van der Waals surface area contributed by atoms with Gasteiger partial charge in [0.2, 0.25) is 11.8 Å². The van der Waals surface area contributed by atoms with Gasteiger partial charge in [0.25, 0.3) is 0 Å². The van der Waals surface area contributed by atoms with Crippen molar-refractivity contribution in [3.05, 3.63) is 35.9 Å². The van der Waals surface area contributed by atoms with Crippen LogP contribution in [0.15, 0.2) is 30.3 Å². The summed E-state index contributed by atoms with van der Waals surface area (Å²) in [5, 5.41) is 2.94. The second kappa shape index (κ2) is 7.97. The maximum Gasteiger partial charge on any atom is 0.248 e. The number of hydrogen-bond donors (Lipinski definition) is 1. The van der Waals surface area contributed by atoms with Gasteiger partial charge in [-0.05, 0) is 25.5 Å². The Morgan fingerprint density at radius 1 is 1.24 bits per heavy atom. The van der Waals surface area contributed by atoms with Crippen molar-refractivity contribution in [2.45, 2.75) is 31.4 Å². The first-order chi connectivity index (χ1) is 12.1. The smallest absolute Gasteiger partial charge is 0.248 e. The number of hydrogen-bond acceptors (Lipinski definition) is 4. The zero-order valence-corrected chi connectivity index (χ0v) is 14.9. The lowest BCUT2D eigenvalue weighted by Gasteiger charge is -2.49. The van der Waals surface area contributed by atoms with Crippen LogP contribution >= 0.6 is 0 Å². The third-order valence-corrected chi connectivity index (χ3v) is 5.42. The van der Waals surface area contributed by atoms with Crippen molar-refractivity contribution in [1.29, 1.82) is 0 Å². The number of rotatable bonds is 4. The van der Waals surface area contributed by atoms with Crippen molar-refractivity contribution in [3.63, 3.8) is 0 Å². The van der Waals surface area contributed by atoms with Gasteiger partial charge in [-0.1, -0.05) is 30.3 Å². The predicted molar refractivity (Wildman–Crippen MR) is 94.9 cm³/mol. The number of benzene rings is 1. The zero-order valence-electron chi connectivity index (χ0n) is 14.9. The summed E-state index contributed by atoms with van der Waals surface area (Å²) in [6.07, 6.45) is 2.20. The molecule has 1 atom stereocenters. The largest absolute Gasteiger partial charge is 0.367 e. The van der Waals surface area contributed by atoms with Crippen LogP contribution < -0.4 is 5.32 Å². The number of piperazine rings is 1. The van der Waals surface area contributed by atoms with Crippen LogP contribution in [0.1, 0.15) is 24.8 Å². The van der Waals surface area contributed by atoms with E-state index in [9.17, 15) is 9.59 Å². The van der Waals surface area contributed by atoms with E-state index in [1.165, 1.54) is 0 Å². The van der Waals surface area contributed by atoms with E-state index in [0.29, 0.717) is 32.7 Å². The van der Waals surface area contributed by atoms with E-state index in [-0.39, 0.29) is 24.0 Å². The fourth-order valence-electron chi connectivity index (χ4n) is 3.73. The topological polar surface area (TPSA) is 61.9 Å². The fourth-order valence-corrected chi connectivity index (χ4v) is 3.73. The summed E-state index contributed by atoms with van der Waals surface area (Å²) in [6.45, 7) is 3.45. The zero-order chi connectivity index (χ0) is 17.7. The molecule has 0 saturated carbocycles. The Morgan fingerprint density at radius 3 is 2.84 bits per heavy atom. The molecule has 0 radical (unpaired) electrons. The second-order valence-electron chi connectivity index (χ2n) is 7.04. The average molecular weight is 345 g/mol. The average Bonchev–Trinajstić information content (AvgIpc) is 2.81. The number of ether oxygens (including phenoxy) is 1. The number of amides is 2. The third-order valence-electron chi connectivity index (χ3n) is 5.42. The molecule has 1 spiro atoms. The molecule has 136 valence electrons. The van der Waals surface area contributed by atoms with Gasteiger partial charge in [0, 0.05) is 38.1 Å². The van der Waals surface area contributed by atoms with Crippen molar-refractivity contribution >= 4 is 11.8 Å². The van der Waals surface area contributed by atoms with Crippen LogP contribution in [0.5, 0.6) is 0 Å². The molecule has 1 N–H and O–H groups in total. The van der Waals surface area contributed by atoms with Crippen LogP contribution in [0.3, 0.4) is 0 Å². The Balaban J connectivity index is 1.55. The van der Waals surface area contributed by atoms with Crippen LogP contribution in [0, 0.1) is 0 Å². The highest BCUT2D eigenvalue weighted by atomic mass is 16.5. The Hall–Kier alpha value is -1.92. The van der Waals surface area contributed by atoms with Crippen LogP contribution in [-0.4, -0.2) is 67.0 Å². The molecule has 2 saturated heterocycles. The SMILES string of the molecule is CN1CCN(C(=O)COCc2ccccc2)C[C@@]12CCNC(=O)CC2. The van der Waals surface area contributed by atoms with Gasteiger partial charge in [-0.3, -0.25) is 14.5 Å². The van der Waals surface area contributed by atoms with Gasteiger partial charge in [-0.25, -0.2) is 0 Å². The maximum atomic E-state index is 12.6. The summed E-state index contributed by atoms with van der Waals surface area (Å²) in [6, 6.07) is 9.87. The van der Waals surface area contributed by atoms with E-state index < -0.39 is 0 Å². The van der Waals surface area contributed by atoms with Gasteiger partial charge in [0.05, 0.1) is 6.61 Å². The lowest BCUT2D eigenvalue weighted by atomic mass is 9.86. The quantitative estimate of drug-likeness (QED) is 0.885. The molecule has 0 aromatic heterocycles. The monoisotopic (exact) mass is 345 g/mol. The molecule has 1 aromatic rings. The molecule has 0 unspecified atom stereocenters. The van der Waals surface area contributed by atoms with E-state index in [0.717, 1.165) is 24.9 Å². The summed E-state index contributed by atoms with van der Waals surface area (Å²) in [7, 11) is 2.10. The Bertz CT molecular complexity index is 607. The van der Waals surface area contributed by atoms with E-state index >= 15 is 0 Å². The highest BCUT2D eigenvalue weighted by Gasteiger charge is 2.41. The van der Waals surface area contributed by atoms with Crippen LogP contribution in [0.2, 0.25) is 0 Å². The van der Waals surface area contributed by atoms with Gasteiger partial charge in [0.15, 0.2) is 0 Å². The van der Waals surface area contributed by atoms with Crippen LogP contribution in [0.25, 0.3) is 0 Å². The molecule has 2 heterocycles. The first kappa shape index (κ1) is 17.9. The normalized spacial score (nSPS) is 24.8. The standard InChI is InChI=1S/C19H27N3O3/c1-21-11-12-22(15-19(21)8-7-17(23)20-10-9-19)18(24)14-25-13-16-5-3-2-4-6-16/h2-6H,7-15H2,1H3,(H,20,23)/t19-/m1/s1. The molecule has 2 amide bonds. The first-order valence-electron chi connectivity index (χ1n) is 8.96. The number of nitrogens with one attached hydrogen (secondary N) is 1. The summed E-state index contributed by atoms with van der Waals surface area (Å²) in [4.78, 5) is 28.5. The van der Waals surface area contributed by atoms with Gasteiger partial charge in [0.1, 0.15) is 6.61 Å². The molecule has 0 bridgehead atoms. The van der Waals surface area contributed by atoms with E-state index in [4.69, 9.17) is 4.74 Å². The Labute approximate surface area is 149 Å². The van der Waals surface area contributed by atoms with Crippen molar-refractivity contribution in [1.82, 2.24) is 15.1 Å². The molecule has 0 aliphatic carbocycles. The summed E-state index contributed by atoms with van der Waals surface area (Å²) in [5.41, 5.74) is 0.963. The van der Waals surface area contributed by atoms with Crippen molar-refractivity contribution in [2.75, 3.05) is 39.8 Å². The molecule has 3 rings (SSSR count). The molecular weight excluding hydrogens is 318 g/mol. The molecular formula is C19H27N3O3. The highest BCUT2D eigenvalue weighted by molar-refractivity contribution is 5.78. The molecule has 6 nitrogen and oxygen atoms in total. The highest BCUT2D eigenvalue weighted by Crippen LogP contribution is 2.30. The fraction of sp³-hybridized carbons (Fsp3) is 0.579. The number of carbonyl (C=O) groups excluding carboxylic acids is 2. The van der Waals surface area contributed by atoms with Gasteiger partial charge in [-0.2, -0.15) is 0 Å². The summed E-state index contributed by atoms with van der Waals surface area (Å²) >= 11 is 0. The lowest BCUT2D eigenvalue weighted by molar-refractivity contribution is -0.142. The number of carbonyl (C=O) groups is 2. The minimum Gasteiger partial charge on any atom is -0.367 e. The Morgan fingerprint density at radius 2 is 2.04 bits per heavy atom. The van der Waals surface area contributed by atoms with Crippen LogP contribution in [0.4, 0.5) is 0 Å². The minimum atomic E-state index is -0.105. The van der Waals surface area contributed by atoms with E-state index in [1.54, 1.807) is 0 Å². The second-order valence-corrected chi connectivity index (χ2v) is 7.04. The van der Waals surface area contributed by atoms with Gasteiger partial charge < -0.3 is 15.0 Å². The number of nitrogens with zero attached hydrogens (tertiary/aromatic N) is 2. The molecule has 2 aliphatic heterocycles.